The minimum atomic E-state index is -1.59. The Bertz CT molecular complexity index is 730. The van der Waals surface area contributed by atoms with Gasteiger partial charge in [0.1, 0.15) is 5.60 Å². The molecule has 0 aliphatic heterocycles. The monoisotopic (exact) mass is 355 g/mol. The summed E-state index contributed by atoms with van der Waals surface area (Å²) in [5.41, 5.74) is 0.676. The molecule has 2 aromatic carbocycles. The van der Waals surface area contributed by atoms with Crippen molar-refractivity contribution in [1.82, 2.24) is 4.90 Å². The molecular formula is C21H25NO4. The maximum absolute atomic E-state index is 12.1. The summed E-state index contributed by atoms with van der Waals surface area (Å²) in [5.74, 6) is -2.96. The third kappa shape index (κ3) is 4.70. The number of esters is 1. The SMILES string of the molecule is CC(CN(C)C)C(Cc1ccccc1)(OC(=O)C(=O)O)c1ccccc1. The standard InChI is InChI=1S/C21H25NO4/c1-16(15-22(2)3)21(26-20(25)19(23)24,18-12-8-5-9-13-18)14-17-10-6-4-7-11-17/h4-13,16H,14-15H2,1-3H3,(H,23,24). The number of carbonyl (C=O) groups is 2. The van der Waals surface area contributed by atoms with Gasteiger partial charge in [-0.1, -0.05) is 67.6 Å². The first-order valence-corrected chi connectivity index (χ1v) is 8.55. The zero-order valence-corrected chi connectivity index (χ0v) is 15.4. The van der Waals surface area contributed by atoms with Crippen molar-refractivity contribution in [1.29, 1.82) is 0 Å². The average molecular weight is 355 g/mol. The summed E-state index contributed by atoms with van der Waals surface area (Å²) in [5, 5.41) is 9.14. The van der Waals surface area contributed by atoms with Gasteiger partial charge in [0.15, 0.2) is 0 Å². The number of aliphatic carboxylic acids is 1. The molecule has 0 spiro atoms. The first kappa shape index (κ1) is 19.7. The Balaban J connectivity index is 2.56. The molecule has 2 aromatic rings. The Morgan fingerprint density at radius 1 is 1.04 bits per heavy atom. The van der Waals surface area contributed by atoms with E-state index >= 15 is 0 Å². The number of benzene rings is 2. The Morgan fingerprint density at radius 2 is 1.58 bits per heavy atom. The van der Waals surface area contributed by atoms with E-state index < -0.39 is 17.5 Å². The smallest absolute Gasteiger partial charge is 0.418 e. The number of ether oxygens (including phenoxy) is 1. The fourth-order valence-corrected chi connectivity index (χ4v) is 3.28. The first-order chi connectivity index (χ1) is 12.3. The van der Waals surface area contributed by atoms with Gasteiger partial charge in [-0.2, -0.15) is 0 Å². The van der Waals surface area contributed by atoms with Crippen LogP contribution in [0.4, 0.5) is 0 Å². The number of hydrogen-bond acceptors (Lipinski definition) is 4. The summed E-state index contributed by atoms with van der Waals surface area (Å²) in [6, 6.07) is 19.0. The molecule has 2 atom stereocenters. The summed E-state index contributed by atoms with van der Waals surface area (Å²) < 4.78 is 5.69. The summed E-state index contributed by atoms with van der Waals surface area (Å²) >= 11 is 0. The van der Waals surface area contributed by atoms with Crippen LogP contribution in [0.15, 0.2) is 60.7 Å². The second-order valence-electron chi connectivity index (χ2n) is 6.78. The van der Waals surface area contributed by atoms with Crippen LogP contribution in [-0.2, 0) is 26.3 Å². The Kier molecular flexibility index (Phi) is 6.52. The minimum absolute atomic E-state index is 0.136. The van der Waals surface area contributed by atoms with Crippen molar-refractivity contribution in [3.8, 4) is 0 Å². The molecule has 26 heavy (non-hydrogen) atoms. The lowest BCUT2D eigenvalue weighted by atomic mass is 9.77. The van der Waals surface area contributed by atoms with Crippen molar-refractivity contribution in [2.24, 2.45) is 5.92 Å². The molecule has 0 amide bonds. The molecule has 0 aromatic heterocycles. The molecule has 0 aliphatic rings. The molecule has 5 nitrogen and oxygen atoms in total. The first-order valence-electron chi connectivity index (χ1n) is 8.55. The number of carboxylic acids is 1. The molecule has 0 aliphatic carbocycles. The Labute approximate surface area is 154 Å². The predicted molar refractivity (Wildman–Crippen MR) is 99.7 cm³/mol. The maximum atomic E-state index is 12.1. The van der Waals surface area contributed by atoms with Gasteiger partial charge in [0.2, 0.25) is 0 Å². The van der Waals surface area contributed by atoms with Gasteiger partial charge in [0.25, 0.3) is 0 Å². The third-order valence-electron chi connectivity index (χ3n) is 4.46. The lowest BCUT2D eigenvalue weighted by Gasteiger charge is -2.40. The Hall–Kier alpha value is -2.66. The van der Waals surface area contributed by atoms with Gasteiger partial charge in [-0.05, 0) is 25.2 Å². The lowest BCUT2D eigenvalue weighted by Crippen LogP contribution is -2.46. The van der Waals surface area contributed by atoms with Crippen LogP contribution in [0.3, 0.4) is 0 Å². The molecule has 1 N–H and O–H groups in total. The summed E-state index contributed by atoms with van der Waals surface area (Å²) in [7, 11) is 3.88. The molecule has 2 rings (SSSR count). The van der Waals surface area contributed by atoms with E-state index in [1.165, 1.54) is 0 Å². The number of nitrogens with zero attached hydrogens (tertiary/aromatic N) is 1. The van der Waals surface area contributed by atoms with Crippen molar-refractivity contribution in [3.63, 3.8) is 0 Å². The van der Waals surface area contributed by atoms with Gasteiger partial charge < -0.3 is 14.7 Å². The van der Waals surface area contributed by atoms with E-state index in [-0.39, 0.29) is 5.92 Å². The molecular weight excluding hydrogens is 330 g/mol. The summed E-state index contributed by atoms with van der Waals surface area (Å²) in [6.07, 6.45) is 0.395. The van der Waals surface area contributed by atoms with Crippen LogP contribution >= 0.6 is 0 Å². The molecule has 0 saturated carbocycles. The van der Waals surface area contributed by atoms with E-state index in [0.29, 0.717) is 13.0 Å². The van der Waals surface area contributed by atoms with Crippen LogP contribution < -0.4 is 0 Å². The van der Waals surface area contributed by atoms with Crippen molar-refractivity contribution >= 4 is 11.9 Å². The summed E-state index contributed by atoms with van der Waals surface area (Å²) in [6.45, 7) is 2.61. The minimum Gasteiger partial charge on any atom is -0.473 e. The van der Waals surface area contributed by atoms with Crippen LogP contribution in [-0.4, -0.2) is 42.6 Å². The highest BCUT2D eigenvalue weighted by Gasteiger charge is 2.43. The van der Waals surface area contributed by atoms with Crippen molar-refractivity contribution < 1.29 is 19.4 Å². The van der Waals surface area contributed by atoms with E-state index in [1.807, 2.05) is 86.6 Å². The maximum Gasteiger partial charge on any atom is 0.418 e. The number of carbonyl (C=O) groups excluding carboxylic acids is 1. The molecule has 0 bridgehead atoms. The number of carboxylic acid groups (broad SMARTS) is 1. The third-order valence-corrected chi connectivity index (χ3v) is 4.46. The molecule has 0 fully saturated rings. The zero-order chi connectivity index (χ0) is 19.2. The van der Waals surface area contributed by atoms with Gasteiger partial charge in [0.05, 0.1) is 0 Å². The van der Waals surface area contributed by atoms with Gasteiger partial charge in [-0.25, -0.2) is 9.59 Å². The van der Waals surface area contributed by atoms with Crippen LogP contribution in [0.2, 0.25) is 0 Å². The normalized spacial score (nSPS) is 14.5. The summed E-state index contributed by atoms with van der Waals surface area (Å²) in [4.78, 5) is 25.3. The largest absolute Gasteiger partial charge is 0.473 e. The molecule has 138 valence electrons. The van der Waals surface area contributed by atoms with E-state index in [0.717, 1.165) is 11.1 Å². The van der Waals surface area contributed by atoms with Crippen LogP contribution in [0.25, 0.3) is 0 Å². The van der Waals surface area contributed by atoms with Crippen LogP contribution in [0, 0.1) is 5.92 Å². The molecule has 0 saturated heterocycles. The quantitative estimate of drug-likeness (QED) is 0.611. The average Bonchev–Trinajstić information content (AvgIpc) is 2.62. The molecule has 0 radical (unpaired) electrons. The highest BCUT2D eigenvalue weighted by atomic mass is 16.6. The highest BCUT2D eigenvalue weighted by Crippen LogP contribution is 2.38. The second-order valence-corrected chi connectivity index (χ2v) is 6.78. The number of rotatable bonds is 7. The van der Waals surface area contributed by atoms with E-state index in [2.05, 4.69) is 0 Å². The van der Waals surface area contributed by atoms with Gasteiger partial charge >= 0.3 is 11.9 Å². The lowest BCUT2D eigenvalue weighted by molar-refractivity contribution is -0.180. The van der Waals surface area contributed by atoms with Crippen LogP contribution in [0.5, 0.6) is 0 Å². The molecule has 0 heterocycles. The zero-order valence-electron chi connectivity index (χ0n) is 15.4. The second kappa shape index (κ2) is 8.63. The predicted octanol–water partition coefficient (Wildman–Crippen LogP) is 2.95. The topological polar surface area (TPSA) is 66.8 Å². The van der Waals surface area contributed by atoms with E-state index in [4.69, 9.17) is 9.84 Å². The van der Waals surface area contributed by atoms with Crippen molar-refractivity contribution in [2.45, 2.75) is 18.9 Å². The van der Waals surface area contributed by atoms with Gasteiger partial charge in [-0.15, -0.1) is 0 Å². The van der Waals surface area contributed by atoms with Crippen LogP contribution in [0.1, 0.15) is 18.1 Å². The van der Waals surface area contributed by atoms with E-state index in [1.54, 1.807) is 0 Å². The van der Waals surface area contributed by atoms with Gasteiger partial charge in [-0.3, -0.25) is 0 Å². The fraction of sp³-hybridized carbons (Fsp3) is 0.333. The van der Waals surface area contributed by atoms with E-state index in [9.17, 15) is 9.59 Å². The number of hydrogen-bond donors (Lipinski definition) is 1. The van der Waals surface area contributed by atoms with Gasteiger partial charge in [0, 0.05) is 18.9 Å². The molecule has 2 unspecified atom stereocenters. The van der Waals surface area contributed by atoms with Crippen molar-refractivity contribution in [3.05, 3.63) is 71.8 Å². The fourth-order valence-electron chi connectivity index (χ4n) is 3.28. The highest BCUT2D eigenvalue weighted by molar-refractivity contribution is 6.28. The molecule has 5 heteroatoms. The Morgan fingerprint density at radius 3 is 2.08 bits per heavy atom. The van der Waals surface area contributed by atoms with Crippen molar-refractivity contribution in [2.75, 3.05) is 20.6 Å².